The van der Waals surface area contributed by atoms with Gasteiger partial charge in [-0.05, 0) is 81.3 Å². The molecule has 1 aliphatic carbocycles. The molecule has 1 amide bonds. The molecule has 150 valence electrons. The van der Waals surface area contributed by atoms with E-state index < -0.39 is 15.6 Å². The molecule has 0 unspecified atom stereocenters. The molecule has 0 saturated heterocycles. The van der Waals surface area contributed by atoms with E-state index in [1.54, 1.807) is 32.9 Å². The smallest absolute Gasteiger partial charge is 0.241 e. The first-order valence-electron chi connectivity index (χ1n) is 9.67. The van der Waals surface area contributed by atoms with Crippen molar-refractivity contribution >= 4 is 21.6 Å². The first kappa shape index (κ1) is 20.6. The zero-order valence-corrected chi connectivity index (χ0v) is 17.5. The lowest BCUT2D eigenvalue weighted by Gasteiger charge is -2.20. The molecule has 2 aromatic rings. The molecule has 0 spiro atoms. The van der Waals surface area contributed by atoms with Gasteiger partial charge in [0, 0.05) is 11.2 Å². The third-order valence-electron chi connectivity index (χ3n) is 4.65. The van der Waals surface area contributed by atoms with Crippen LogP contribution in [0.15, 0.2) is 47.4 Å². The van der Waals surface area contributed by atoms with Gasteiger partial charge in [-0.15, -0.1) is 0 Å². The van der Waals surface area contributed by atoms with Gasteiger partial charge in [-0.2, -0.15) is 0 Å². The summed E-state index contributed by atoms with van der Waals surface area (Å²) in [4.78, 5) is 12.6. The third-order valence-corrected chi connectivity index (χ3v) is 6.40. The zero-order valence-electron chi connectivity index (χ0n) is 16.7. The number of carbonyl (C=O) groups excluding carboxylic acids is 1. The van der Waals surface area contributed by atoms with Crippen LogP contribution in [-0.4, -0.2) is 19.9 Å². The van der Waals surface area contributed by atoms with Crippen LogP contribution in [0.2, 0.25) is 0 Å². The molecule has 0 aromatic heterocycles. The predicted molar refractivity (Wildman–Crippen MR) is 112 cm³/mol. The summed E-state index contributed by atoms with van der Waals surface area (Å²) in [6, 6.07) is 12.6. The maximum absolute atomic E-state index is 12.5. The Morgan fingerprint density at radius 2 is 1.71 bits per heavy atom. The normalized spacial score (nSPS) is 14.4. The minimum atomic E-state index is -3.65. The fourth-order valence-corrected chi connectivity index (χ4v) is 4.95. The number of nitrogens with one attached hydrogen (secondary N) is 2. The fraction of sp³-hybridized carbons (Fsp3) is 0.409. The number of hydrogen-bond acceptors (Lipinski definition) is 3. The largest absolute Gasteiger partial charge is 0.326 e. The molecule has 0 bridgehead atoms. The van der Waals surface area contributed by atoms with Gasteiger partial charge in [0.1, 0.15) is 0 Å². The number of anilines is 1. The van der Waals surface area contributed by atoms with Crippen molar-refractivity contribution in [3.63, 3.8) is 0 Å². The van der Waals surface area contributed by atoms with Gasteiger partial charge in [0.05, 0.1) is 11.3 Å². The third kappa shape index (κ3) is 5.42. The molecular formula is C22H28N2O3S. The van der Waals surface area contributed by atoms with E-state index in [1.807, 2.05) is 6.07 Å². The van der Waals surface area contributed by atoms with E-state index in [9.17, 15) is 13.2 Å². The van der Waals surface area contributed by atoms with E-state index in [1.165, 1.54) is 36.1 Å². The van der Waals surface area contributed by atoms with Gasteiger partial charge >= 0.3 is 0 Å². The highest BCUT2D eigenvalue weighted by molar-refractivity contribution is 7.89. The van der Waals surface area contributed by atoms with Crippen LogP contribution >= 0.6 is 0 Å². The summed E-state index contributed by atoms with van der Waals surface area (Å²) >= 11 is 0. The Balaban J connectivity index is 1.69. The van der Waals surface area contributed by atoms with Crippen LogP contribution in [0.1, 0.15) is 50.3 Å². The molecule has 0 saturated carbocycles. The van der Waals surface area contributed by atoms with Gasteiger partial charge in [0.15, 0.2) is 0 Å². The number of sulfonamides is 1. The Hall–Kier alpha value is -2.18. The Bertz CT molecular complexity index is 976. The highest BCUT2D eigenvalue weighted by Crippen LogP contribution is 2.23. The number of amides is 1. The maximum Gasteiger partial charge on any atom is 0.241 e. The van der Waals surface area contributed by atoms with Crippen LogP contribution in [0.4, 0.5) is 5.69 Å². The van der Waals surface area contributed by atoms with Crippen LogP contribution in [0.25, 0.3) is 0 Å². The van der Waals surface area contributed by atoms with Crippen molar-refractivity contribution in [1.29, 1.82) is 0 Å². The number of carbonyl (C=O) groups is 1. The van der Waals surface area contributed by atoms with Gasteiger partial charge < -0.3 is 5.32 Å². The first-order valence-corrected chi connectivity index (χ1v) is 11.2. The lowest BCUT2D eigenvalue weighted by atomic mass is 9.90. The average Bonchev–Trinajstić information content (AvgIpc) is 2.60. The number of aryl methyl sites for hydroxylation is 2. The van der Waals surface area contributed by atoms with E-state index in [2.05, 4.69) is 22.2 Å². The van der Waals surface area contributed by atoms with Crippen LogP contribution in [0.5, 0.6) is 0 Å². The molecule has 5 nitrogen and oxygen atoms in total. The molecule has 0 aliphatic heterocycles. The van der Waals surface area contributed by atoms with E-state index in [0.717, 1.165) is 18.4 Å². The molecule has 0 heterocycles. The van der Waals surface area contributed by atoms with Gasteiger partial charge in [-0.25, -0.2) is 13.1 Å². The molecule has 0 atom stereocenters. The monoisotopic (exact) mass is 400 g/mol. The molecule has 6 heteroatoms. The van der Waals surface area contributed by atoms with Crippen molar-refractivity contribution < 1.29 is 13.2 Å². The van der Waals surface area contributed by atoms with Gasteiger partial charge in [0.25, 0.3) is 0 Å². The summed E-state index contributed by atoms with van der Waals surface area (Å²) in [7, 11) is -3.65. The highest BCUT2D eigenvalue weighted by atomic mass is 32.2. The van der Waals surface area contributed by atoms with Crippen LogP contribution < -0.4 is 10.0 Å². The summed E-state index contributed by atoms with van der Waals surface area (Å²) in [5.74, 6) is -0.158. The summed E-state index contributed by atoms with van der Waals surface area (Å²) in [5.41, 5.74) is 3.61. The first-order chi connectivity index (χ1) is 13.1. The van der Waals surface area contributed by atoms with Crippen molar-refractivity contribution in [3.8, 4) is 0 Å². The van der Waals surface area contributed by atoms with E-state index in [0.29, 0.717) is 5.69 Å². The number of rotatable bonds is 5. The van der Waals surface area contributed by atoms with Crippen molar-refractivity contribution in [3.05, 3.63) is 59.2 Å². The number of benzene rings is 2. The summed E-state index contributed by atoms with van der Waals surface area (Å²) < 4.78 is 27.6. The van der Waals surface area contributed by atoms with Crippen molar-refractivity contribution in [2.24, 2.45) is 0 Å². The van der Waals surface area contributed by atoms with E-state index in [4.69, 9.17) is 0 Å². The van der Waals surface area contributed by atoms with Crippen LogP contribution in [-0.2, 0) is 34.1 Å². The lowest BCUT2D eigenvalue weighted by molar-refractivity contribution is -0.115. The minimum absolute atomic E-state index is 0.133. The second kappa shape index (κ2) is 8.05. The second-order valence-electron chi connectivity index (χ2n) is 8.42. The summed E-state index contributed by atoms with van der Waals surface area (Å²) in [5, 5.41) is 2.81. The molecular weight excluding hydrogens is 372 g/mol. The SMILES string of the molecule is CC(C)(C)NS(=O)(=O)c1cccc(NC(=O)Cc2ccc3c(c2)CCCC3)c1. The Kier molecular flexibility index (Phi) is 5.91. The zero-order chi connectivity index (χ0) is 20.4. The number of hydrogen-bond donors (Lipinski definition) is 2. The highest BCUT2D eigenvalue weighted by Gasteiger charge is 2.22. The molecule has 1 aliphatic rings. The van der Waals surface area contributed by atoms with Crippen LogP contribution in [0.3, 0.4) is 0 Å². The van der Waals surface area contributed by atoms with Crippen molar-refractivity contribution in [2.45, 2.75) is 63.3 Å². The molecule has 3 rings (SSSR count). The van der Waals surface area contributed by atoms with Crippen LogP contribution in [0, 0.1) is 0 Å². The van der Waals surface area contributed by atoms with Gasteiger partial charge in [-0.1, -0.05) is 24.3 Å². The Morgan fingerprint density at radius 3 is 2.43 bits per heavy atom. The lowest BCUT2D eigenvalue weighted by Crippen LogP contribution is -2.40. The van der Waals surface area contributed by atoms with Gasteiger partial charge in [-0.3, -0.25) is 4.79 Å². The molecule has 0 radical (unpaired) electrons. The Morgan fingerprint density at radius 1 is 1.00 bits per heavy atom. The second-order valence-corrected chi connectivity index (χ2v) is 10.1. The molecule has 2 N–H and O–H groups in total. The quantitative estimate of drug-likeness (QED) is 0.801. The van der Waals surface area contributed by atoms with Gasteiger partial charge in [0.2, 0.25) is 15.9 Å². The summed E-state index contributed by atoms with van der Waals surface area (Å²) in [6.07, 6.45) is 4.89. The average molecular weight is 401 g/mol. The fourth-order valence-electron chi connectivity index (χ4n) is 3.49. The molecule has 2 aromatic carbocycles. The molecule has 28 heavy (non-hydrogen) atoms. The van der Waals surface area contributed by atoms with Crippen molar-refractivity contribution in [2.75, 3.05) is 5.32 Å². The topological polar surface area (TPSA) is 75.3 Å². The predicted octanol–water partition coefficient (Wildman–Crippen LogP) is 3.82. The summed E-state index contributed by atoms with van der Waals surface area (Å²) in [6.45, 7) is 5.36. The van der Waals surface area contributed by atoms with Crippen molar-refractivity contribution in [1.82, 2.24) is 4.72 Å². The Labute approximate surface area is 167 Å². The maximum atomic E-state index is 12.5. The van der Waals surface area contributed by atoms with E-state index in [-0.39, 0.29) is 17.2 Å². The minimum Gasteiger partial charge on any atom is -0.326 e. The molecule has 0 fully saturated rings. The van der Waals surface area contributed by atoms with E-state index >= 15 is 0 Å². The standard InChI is InChI=1S/C22H28N2O3S/c1-22(2,3)24-28(26,27)20-10-6-9-19(15-20)23-21(25)14-16-11-12-17-7-4-5-8-18(17)13-16/h6,9-13,15,24H,4-5,7-8,14H2,1-3H3,(H,23,25). The number of fused-ring (bicyclic) bond motifs is 1.